The Bertz CT molecular complexity index is 818. The summed E-state index contributed by atoms with van der Waals surface area (Å²) in [6.45, 7) is 0.101. The van der Waals surface area contributed by atoms with Crippen molar-refractivity contribution >= 4 is 0 Å². The van der Waals surface area contributed by atoms with Crippen LogP contribution in [0.3, 0.4) is 0 Å². The van der Waals surface area contributed by atoms with Gasteiger partial charge in [-0.1, -0.05) is 30.3 Å². The molecule has 0 amide bonds. The average molecular weight is 380 g/mol. The van der Waals surface area contributed by atoms with Crippen LogP contribution >= 0.6 is 0 Å². The lowest BCUT2D eigenvalue weighted by Crippen LogP contribution is -2.40. The standard InChI is InChI=1S/C25H33NO2/c1-28-24-4-2-3-18(14-24)5-6-19-7-8-21-15-22(10-9-20(21)13-19)23-11-12-25(26,16-23)17-27/h2-4,9-10,14-15,19,23,27H,5-8,11-13,16-17,26H2,1H3/t19-,23-,25-/m0/s1. The Labute approximate surface area is 168 Å². The molecule has 2 aromatic carbocycles. The lowest BCUT2D eigenvalue weighted by atomic mass is 9.79. The van der Waals surface area contributed by atoms with Gasteiger partial charge in [0.15, 0.2) is 0 Å². The zero-order chi connectivity index (χ0) is 19.6. The summed E-state index contributed by atoms with van der Waals surface area (Å²) in [6, 6.07) is 15.6. The number of methoxy groups -OCH3 is 1. The molecular formula is C25H33NO2. The van der Waals surface area contributed by atoms with Crippen LogP contribution in [0.4, 0.5) is 0 Å². The molecule has 1 fully saturated rings. The van der Waals surface area contributed by atoms with E-state index in [0.29, 0.717) is 5.92 Å². The lowest BCUT2D eigenvalue weighted by Gasteiger charge is -2.26. The number of aryl methyl sites for hydroxylation is 2. The smallest absolute Gasteiger partial charge is 0.119 e. The van der Waals surface area contributed by atoms with E-state index in [1.54, 1.807) is 7.11 Å². The molecule has 150 valence electrons. The summed E-state index contributed by atoms with van der Waals surface area (Å²) in [5, 5.41) is 9.54. The van der Waals surface area contributed by atoms with Gasteiger partial charge in [0.1, 0.15) is 5.75 Å². The zero-order valence-corrected chi connectivity index (χ0v) is 17.0. The van der Waals surface area contributed by atoms with Crippen LogP contribution < -0.4 is 10.5 Å². The van der Waals surface area contributed by atoms with Gasteiger partial charge in [0, 0.05) is 5.54 Å². The van der Waals surface area contributed by atoms with Crippen molar-refractivity contribution < 1.29 is 9.84 Å². The third-order valence-corrected chi connectivity index (χ3v) is 6.97. The predicted octanol–water partition coefficient (Wildman–Crippen LogP) is 4.39. The first kappa shape index (κ1) is 19.5. The number of aliphatic hydroxyl groups excluding tert-OH is 1. The molecular weight excluding hydrogens is 346 g/mol. The van der Waals surface area contributed by atoms with Gasteiger partial charge in [-0.3, -0.25) is 0 Å². The molecule has 0 radical (unpaired) electrons. The van der Waals surface area contributed by atoms with Crippen LogP contribution in [-0.2, 0) is 19.3 Å². The van der Waals surface area contributed by atoms with E-state index in [1.165, 1.54) is 47.9 Å². The second-order valence-corrected chi connectivity index (χ2v) is 8.99. The highest BCUT2D eigenvalue weighted by molar-refractivity contribution is 5.37. The first-order valence-corrected chi connectivity index (χ1v) is 10.7. The quantitative estimate of drug-likeness (QED) is 0.783. The molecule has 0 aromatic heterocycles. The normalized spacial score (nSPS) is 26.8. The van der Waals surface area contributed by atoms with Crippen molar-refractivity contribution in [3.05, 3.63) is 64.7 Å². The van der Waals surface area contributed by atoms with Gasteiger partial charge in [-0.2, -0.15) is 0 Å². The Morgan fingerprint density at radius 2 is 2.04 bits per heavy atom. The van der Waals surface area contributed by atoms with Gasteiger partial charge in [0.25, 0.3) is 0 Å². The van der Waals surface area contributed by atoms with Gasteiger partial charge in [0.2, 0.25) is 0 Å². The molecule has 3 heteroatoms. The van der Waals surface area contributed by atoms with Crippen molar-refractivity contribution in [3.8, 4) is 5.75 Å². The summed E-state index contributed by atoms with van der Waals surface area (Å²) < 4.78 is 5.34. The van der Waals surface area contributed by atoms with Gasteiger partial charge in [-0.25, -0.2) is 0 Å². The average Bonchev–Trinajstić information content (AvgIpc) is 3.14. The van der Waals surface area contributed by atoms with Crippen molar-refractivity contribution in [3.63, 3.8) is 0 Å². The van der Waals surface area contributed by atoms with E-state index in [9.17, 15) is 5.11 Å². The summed E-state index contributed by atoms with van der Waals surface area (Å²) in [4.78, 5) is 0. The molecule has 0 spiro atoms. The molecule has 4 rings (SSSR count). The second-order valence-electron chi connectivity index (χ2n) is 8.99. The molecule has 3 nitrogen and oxygen atoms in total. The Hall–Kier alpha value is -1.84. The minimum atomic E-state index is -0.369. The fraction of sp³-hybridized carbons (Fsp3) is 0.520. The van der Waals surface area contributed by atoms with Gasteiger partial charge < -0.3 is 15.6 Å². The number of hydrogen-bond donors (Lipinski definition) is 2. The molecule has 0 aliphatic heterocycles. The highest BCUT2D eigenvalue weighted by atomic mass is 16.5. The van der Waals surface area contributed by atoms with Gasteiger partial charge in [-0.05, 0) is 97.6 Å². The molecule has 3 N–H and O–H groups in total. The zero-order valence-electron chi connectivity index (χ0n) is 17.0. The lowest BCUT2D eigenvalue weighted by molar-refractivity contribution is 0.198. The third-order valence-electron chi connectivity index (χ3n) is 6.97. The minimum absolute atomic E-state index is 0.101. The van der Waals surface area contributed by atoms with E-state index < -0.39 is 0 Å². The van der Waals surface area contributed by atoms with Crippen molar-refractivity contribution in [1.29, 1.82) is 0 Å². The van der Waals surface area contributed by atoms with Crippen LogP contribution in [0.15, 0.2) is 42.5 Å². The molecule has 3 atom stereocenters. The van der Waals surface area contributed by atoms with Gasteiger partial charge >= 0.3 is 0 Å². The number of aliphatic hydroxyl groups is 1. The van der Waals surface area contributed by atoms with Gasteiger partial charge in [0.05, 0.1) is 13.7 Å². The maximum absolute atomic E-state index is 9.54. The molecule has 28 heavy (non-hydrogen) atoms. The van der Waals surface area contributed by atoms with Crippen molar-refractivity contribution in [1.82, 2.24) is 0 Å². The summed E-state index contributed by atoms with van der Waals surface area (Å²) >= 11 is 0. The van der Waals surface area contributed by atoms with E-state index in [0.717, 1.165) is 37.4 Å². The van der Waals surface area contributed by atoms with Gasteiger partial charge in [-0.15, -0.1) is 0 Å². The molecule has 0 saturated heterocycles. The molecule has 0 unspecified atom stereocenters. The number of benzene rings is 2. The van der Waals surface area contributed by atoms with Crippen LogP contribution in [0.5, 0.6) is 5.75 Å². The van der Waals surface area contributed by atoms with Crippen LogP contribution in [0.25, 0.3) is 0 Å². The summed E-state index contributed by atoms with van der Waals surface area (Å²) in [6.07, 6.45) is 8.96. The maximum Gasteiger partial charge on any atom is 0.119 e. The van der Waals surface area contributed by atoms with Crippen LogP contribution in [0, 0.1) is 5.92 Å². The number of nitrogens with two attached hydrogens (primary N) is 1. The Morgan fingerprint density at radius 3 is 2.82 bits per heavy atom. The Balaban J connectivity index is 1.37. The Kier molecular flexibility index (Phi) is 5.75. The molecule has 2 aromatic rings. The summed E-state index contributed by atoms with van der Waals surface area (Å²) in [7, 11) is 1.73. The first-order valence-electron chi connectivity index (χ1n) is 10.7. The number of rotatable bonds is 6. The third kappa shape index (κ3) is 4.26. The van der Waals surface area contributed by atoms with E-state index in [1.807, 2.05) is 6.07 Å². The fourth-order valence-electron chi connectivity index (χ4n) is 5.13. The molecule has 2 aliphatic rings. The maximum atomic E-state index is 9.54. The highest BCUT2D eigenvalue weighted by Crippen LogP contribution is 2.40. The van der Waals surface area contributed by atoms with Crippen LogP contribution in [0.2, 0.25) is 0 Å². The van der Waals surface area contributed by atoms with E-state index in [2.05, 4.69) is 36.4 Å². The molecule has 0 bridgehead atoms. The fourth-order valence-corrected chi connectivity index (χ4v) is 5.13. The number of ether oxygens (including phenoxy) is 1. The van der Waals surface area contributed by atoms with Crippen molar-refractivity contribution in [2.24, 2.45) is 11.7 Å². The number of fused-ring (bicyclic) bond motifs is 1. The molecule has 2 aliphatic carbocycles. The monoisotopic (exact) mass is 379 g/mol. The minimum Gasteiger partial charge on any atom is -0.497 e. The van der Waals surface area contributed by atoms with E-state index >= 15 is 0 Å². The Morgan fingerprint density at radius 1 is 1.14 bits per heavy atom. The molecule has 1 saturated carbocycles. The van der Waals surface area contributed by atoms with E-state index in [-0.39, 0.29) is 12.1 Å². The second kappa shape index (κ2) is 8.26. The molecule has 0 heterocycles. The van der Waals surface area contributed by atoms with E-state index in [4.69, 9.17) is 10.5 Å². The number of hydrogen-bond acceptors (Lipinski definition) is 3. The summed E-state index contributed by atoms with van der Waals surface area (Å²) in [5.41, 5.74) is 11.8. The topological polar surface area (TPSA) is 55.5 Å². The van der Waals surface area contributed by atoms with Crippen LogP contribution in [-0.4, -0.2) is 24.4 Å². The van der Waals surface area contributed by atoms with Crippen molar-refractivity contribution in [2.75, 3.05) is 13.7 Å². The first-order chi connectivity index (χ1) is 13.6. The van der Waals surface area contributed by atoms with Crippen LogP contribution in [0.1, 0.15) is 60.3 Å². The predicted molar refractivity (Wildman–Crippen MR) is 114 cm³/mol. The summed E-state index contributed by atoms with van der Waals surface area (Å²) in [5.74, 6) is 2.23. The highest BCUT2D eigenvalue weighted by Gasteiger charge is 2.36. The largest absolute Gasteiger partial charge is 0.497 e. The van der Waals surface area contributed by atoms with Crippen molar-refractivity contribution in [2.45, 2.75) is 62.8 Å². The SMILES string of the molecule is COc1cccc(CC[C@H]2CCc3cc([C@H]4CC[C@@](N)(CO)C4)ccc3C2)c1.